The summed E-state index contributed by atoms with van der Waals surface area (Å²) in [7, 11) is 1.31. The van der Waals surface area contributed by atoms with Crippen molar-refractivity contribution in [2.75, 3.05) is 26.0 Å². The number of carbonyl (C=O) groups excluding carboxylic acids is 3. The summed E-state index contributed by atoms with van der Waals surface area (Å²) in [6.45, 7) is 8.64. The second-order valence-electron chi connectivity index (χ2n) is 8.75. The Bertz CT molecular complexity index is 1060. The second kappa shape index (κ2) is 11.4. The SMILES string of the molecule is COC(=O)CN1CCS/C(=C/c2cc(C(C)C)c(OC(=O)c3ccccc3)c(C(C)C)c2)C1=O. The number of amides is 1. The Morgan fingerprint density at radius 2 is 1.68 bits per heavy atom. The zero-order valence-electron chi connectivity index (χ0n) is 20.3. The molecule has 0 aliphatic carbocycles. The number of thioether (sulfide) groups is 1. The summed E-state index contributed by atoms with van der Waals surface area (Å²) in [5, 5.41) is 0. The molecule has 7 heteroatoms. The highest BCUT2D eigenvalue weighted by molar-refractivity contribution is 8.04. The quantitative estimate of drug-likeness (QED) is 0.306. The molecule has 34 heavy (non-hydrogen) atoms. The van der Waals surface area contributed by atoms with Crippen LogP contribution < -0.4 is 4.74 Å². The minimum absolute atomic E-state index is 0.0594. The lowest BCUT2D eigenvalue weighted by Crippen LogP contribution is -2.40. The molecule has 1 aliphatic heterocycles. The summed E-state index contributed by atoms with van der Waals surface area (Å²) in [6, 6.07) is 12.9. The maximum atomic E-state index is 12.9. The standard InChI is InChI=1S/C27H31NO5S/c1-17(2)21-13-19(15-23-26(30)28(11-12-34-23)16-24(29)32-5)14-22(18(3)4)25(21)33-27(31)20-9-7-6-8-10-20/h6-10,13-15,17-18H,11-12,16H2,1-5H3/b23-15+. The molecule has 6 nitrogen and oxygen atoms in total. The van der Waals surface area contributed by atoms with Gasteiger partial charge in [0.05, 0.1) is 17.6 Å². The Morgan fingerprint density at radius 3 is 2.24 bits per heavy atom. The molecule has 3 rings (SSSR count). The number of esters is 2. The molecule has 2 aromatic rings. The van der Waals surface area contributed by atoms with Crippen molar-refractivity contribution in [1.82, 2.24) is 4.90 Å². The van der Waals surface area contributed by atoms with Crippen molar-refractivity contribution in [1.29, 1.82) is 0 Å². The Balaban J connectivity index is 1.99. The lowest BCUT2D eigenvalue weighted by atomic mass is 9.91. The van der Waals surface area contributed by atoms with Gasteiger partial charge in [-0.05, 0) is 58.9 Å². The molecule has 0 unspecified atom stereocenters. The van der Waals surface area contributed by atoms with Crippen LogP contribution in [0.5, 0.6) is 5.75 Å². The smallest absolute Gasteiger partial charge is 0.343 e. The van der Waals surface area contributed by atoms with E-state index in [4.69, 9.17) is 9.47 Å². The predicted molar refractivity (Wildman–Crippen MR) is 135 cm³/mol. The number of hydrogen-bond acceptors (Lipinski definition) is 6. The summed E-state index contributed by atoms with van der Waals surface area (Å²) in [4.78, 5) is 39.5. The van der Waals surface area contributed by atoms with E-state index < -0.39 is 11.9 Å². The first kappa shape index (κ1) is 25.6. The van der Waals surface area contributed by atoms with E-state index in [0.29, 0.717) is 28.5 Å². The van der Waals surface area contributed by atoms with Gasteiger partial charge < -0.3 is 14.4 Å². The number of nitrogens with zero attached hydrogens (tertiary/aromatic N) is 1. The first-order valence-corrected chi connectivity index (χ1v) is 12.4. The van der Waals surface area contributed by atoms with Gasteiger partial charge in [-0.1, -0.05) is 45.9 Å². The minimum atomic E-state index is -0.437. The molecular weight excluding hydrogens is 450 g/mol. The molecule has 0 aromatic heterocycles. The monoisotopic (exact) mass is 481 g/mol. The Labute approximate surface area is 205 Å². The van der Waals surface area contributed by atoms with Gasteiger partial charge in [-0.15, -0.1) is 11.8 Å². The fourth-order valence-corrected chi connectivity index (χ4v) is 4.70. The highest BCUT2D eigenvalue weighted by atomic mass is 32.2. The lowest BCUT2D eigenvalue weighted by Gasteiger charge is -2.27. The van der Waals surface area contributed by atoms with E-state index in [0.717, 1.165) is 16.7 Å². The normalized spacial score (nSPS) is 15.2. The highest BCUT2D eigenvalue weighted by Crippen LogP contribution is 2.38. The first-order chi connectivity index (χ1) is 16.2. The van der Waals surface area contributed by atoms with Gasteiger partial charge in [-0.2, -0.15) is 0 Å². The Morgan fingerprint density at radius 1 is 1.06 bits per heavy atom. The zero-order valence-corrected chi connectivity index (χ0v) is 21.1. The van der Waals surface area contributed by atoms with E-state index in [-0.39, 0.29) is 24.3 Å². The van der Waals surface area contributed by atoms with Gasteiger partial charge in [0.1, 0.15) is 12.3 Å². The number of hydrogen-bond donors (Lipinski definition) is 0. The molecule has 0 atom stereocenters. The highest BCUT2D eigenvalue weighted by Gasteiger charge is 2.27. The van der Waals surface area contributed by atoms with Crippen molar-refractivity contribution in [3.05, 3.63) is 69.6 Å². The van der Waals surface area contributed by atoms with Crippen LogP contribution in [0.2, 0.25) is 0 Å². The fraction of sp³-hybridized carbons (Fsp3) is 0.370. The van der Waals surface area contributed by atoms with Gasteiger partial charge >= 0.3 is 11.9 Å². The molecule has 1 heterocycles. The van der Waals surface area contributed by atoms with E-state index >= 15 is 0 Å². The van der Waals surface area contributed by atoms with E-state index in [9.17, 15) is 14.4 Å². The van der Waals surface area contributed by atoms with Crippen LogP contribution in [0.3, 0.4) is 0 Å². The van der Waals surface area contributed by atoms with Crippen molar-refractivity contribution in [2.24, 2.45) is 0 Å². The van der Waals surface area contributed by atoms with E-state index in [1.54, 1.807) is 24.3 Å². The predicted octanol–water partition coefficient (Wildman–Crippen LogP) is 5.24. The molecule has 180 valence electrons. The lowest BCUT2D eigenvalue weighted by molar-refractivity contribution is -0.145. The largest absolute Gasteiger partial charge is 0.468 e. The molecule has 1 saturated heterocycles. The van der Waals surface area contributed by atoms with Crippen molar-refractivity contribution in [3.8, 4) is 5.75 Å². The number of ether oxygens (including phenoxy) is 2. The average molecular weight is 482 g/mol. The van der Waals surface area contributed by atoms with Crippen LogP contribution in [0.15, 0.2) is 47.4 Å². The van der Waals surface area contributed by atoms with Gasteiger partial charge in [0.15, 0.2) is 0 Å². The number of rotatable bonds is 7. The van der Waals surface area contributed by atoms with Crippen LogP contribution >= 0.6 is 11.8 Å². The van der Waals surface area contributed by atoms with Crippen LogP contribution in [0.25, 0.3) is 6.08 Å². The maximum absolute atomic E-state index is 12.9. The van der Waals surface area contributed by atoms with Crippen LogP contribution in [-0.4, -0.2) is 48.7 Å². The molecule has 0 radical (unpaired) electrons. The van der Waals surface area contributed by atoms with Crippen LogP contribution in [0.1, 0.15) is 66.6 Å². The van der Waals surface area contributed by atoms with Gasteiger partial charge in [0.2, 0.25) is 0 Å². The summed E-state index contributed by atoms with van der Waals surface area (Å²) in [5.41, 5.74) is 3.17. The summed E-state index contributed by atoms with van der Waals surface area (Å²) in [5.74, 6) is 0.463. The summed E-state index contributed by atoms with van der Waals surface area (Å²) in [6.07, 6.45) is 1.86. The van der Waals surface area contributed by atoms with Crippen molar-refractivity contribution >= 4 is 35.7 Å². The number of benzene rings is 2. The third-order valence-electron chi connectivity index (χ3n) is 5.58. The van der Waals surface area contributed by atoms with Gasteiger partial charge in [-0.25, -0.2) is 4.79 Å². The molecule has 0 N–H and O–H groups in total. The second-order valence-corrected chi connectivity index (χ2v) is 9.89. The maximum Gasteiger partial charge on any atom is 0.343 e. The molecule has 2 aromatic carbocycles. The van der Waals surface area contributed by atoms with E-state index in [1.807, 2.05) is 24.3 Å². The van der Waals surface area contributed by atoms with Gasteiger partial charge in [0.25, 0.3) is 5.91 Å². The van der Waals surface area contributed by atoms with Crippen molar-refractivity contribution < 1.29 is 23.9 Å². The number of methoxy groups -OCH3 is 1. The van der Waals surface area contributed by atoms with Crippen molar-refractivity contribution in [2.45, 2.75) is 39.5 Å². The first-order valence-electron chi connectivity index (χ1n) is 11.4. The summed E-state index contributed by atoms with van der Waals surface area (Å²) < 4.78 is 10.6. The average Bonchev–Trinajstić information content (AvgIpc) is 2.82. The van der Waals surface area contributed by atoms with Crippen LogP contribution in [-0.2, 0) is 14.3 Å². The molecule has 0 spiro atoms. The molecular formula is C27H31NO5S. The molecule has 1 aliphatic rings. The third-order valence-corrected chi connectivity index (χ3v) is 6.57. The molecule has 1 amide bonds. The van der Waals surface area contributed by atoms with Crippen LogP contribution in [0.4, 0.5) is 0 Å². The molecule has 0 bridgehead atoms. The third kappa shape index (κ3) is 6.08. The molecule has 0 saturated carbocycles. The van der Waals surface area contributed by atoms with Gasteiger partial charge in [-0.3, -0.25) is 9.59 Å². The van der Waals surface area contributed by atoms with E-state index in [1.165, 1.54) is 23.8 Å². The topological polar surface area (TPSA) is 72.9 Å². The minimum Gasteiger partial charge on any atom is -0.468 e. The van der Waals surface area contributed by atoms with E-state index in [2.05, 4.69) is 27.7 Å². The van der Waals surface area contributed by atoms with Crippen LogP contribution in [0, 0.1) is 0 Å². The van der Waals surface area contributed by atoms with Crippen molar-refractivity contribution in [3.63, 3.8) is 0 Å². The van der Waals surface area contributed by atoms with Gasteiger partial charge in [0, 0.05) is 12.3 Å². The Hall–Kier alpha value is -3.06. The summed E-state index contributed by atoms with van der Waals surface area (Å²) >= 11 is 1.48. The Kier molecular flexibility index (Phi) is 8.56. The fourth-order valence-electron chi connectivity index (χ4n) is 3.69. The zero-order chi connectivity index (χ0) is 24.8. The number of carbonyl (C=O) groups is 3. The molecule has 1 fully saturated rings.